The number of hydrogen-bond donors (Lipinski definition) is 2. The molecule has 2 aromatic rings. The Bertz CT molecular complexity index is 618. The first-order valence-electron chi connectivity index (χ1n) is 6.28. The van der Waals surface area contributed by atoms with E-state index in [1.165, 1.54) is 6.07 Å². The van der Waals surface area contributed by atoms with E-state index in [1.54, 1.807) is 49.1 Å². The van der Waals surface area contributed by atoms with Crippen molar-refractivity contribution in [2.24, 2.45) is 12.8 Å². The van der Waals surface area contributed by atoms with Crippen LogP contribution in [0.4, 0.5) is 4.39 Å². The largest absolute Gasteiger partial charge is 0.341 e. The molecule has 1 unspecified atom stereocenters. The Kier molecular flexibility index (Phi) is 8.08. The molecule has 1 heterocycles. The van der Waals surface area contributed by atoms with Gasteiger partial charge in [-0.15, -0.1) is 24.8 Å². The van der Waals surface area contributed by atoms with Gasteiger partial charge < -0.3 is 15.6 Å². The molecule has 8 heteroatoms. The fourth-order valence-electron chi connectivity index (χ4n) is 1.92. The number of imidazole rings is 1. The van der Waals surface area contributed by atoms with Crippen LogP contribution in [0.15, 0.2) is 36.7 Å². The van der Waals surface area contributed by atoms with E-state index in [4.69, 9.17) is 5.73 Å². The molecule has 0 spiro atoms. The second-order valence-electron chi connectivity index (χ2n) is 4.65. The van der Waals surface area contributed by atoms with Crippen molar-refractivity contribution in [3.8, 4) is 0 Å². The van der Waals surface area contributed by atoms with Gasteiger partial charge in [-0.25, -0.2) is 9.37 Å². The van der Waals surface area contributed by atoms with Gasteiger partial charge in [0.15, 0.2) is 0 Å². The molecule has 22 heavy (non-hydrogen) atoms. The van der Waals surface area contributed by atoms with Crippen LogP contribution in [0.2, 0.25) is 0 Å². The molecule has 0 aliphatic rings. The number of carbonyl (C=O) groups is 1. The van der Waals surface area contributed by atoms with E-state index >= 15 is 0 Å². The highest BCUT2D eigenvalue weighted by atomic mass is 35.5. The summed E-state index contributed by atoms with van der Waals surface area (Å²) in [4.78, 5) is 16.0. The van der Waals surface area contributed by atoms with Crippen molar-refractivity contribution in [2.75, 3.05) is 0 Å². The van der Waals surface area contributed by atoms with Crippen LogP contribution in [0.1, 0.15) is 24.4 Å². The predicted molar refractivity (Wildman–Crippen MR) is 87.7 cm³/mol. The second kappa shape index (κ2) is 8.73. The average molecular weight is 349 g/mol. The van der Waals surface area contributed by atoms with Crippen LogP contribution in [0, 0.1) is 5.82 Å². The van der Waals surface area contributed by atoms with Gasteiger partial charge in [-0.05, 0) is 13.0 Å². The van der Waals surface area contributed by atoms with Gasteiger partial charge in [0.25, 0.3) is 0 Å². The Labute approximate surface area is 140 Å². The fraction of sp³-hybridized carbons (Fsp3) is 0.286. The maximum absolute atomic E-state index is 14.0. The number of carbonyl (C=O) groups excluding carboxylic acids is 1. The number of aromatic nitrogens is 2. The van der Waals surface area contributed by atoms with Crippen LogP contribution in [-0.2, 0) is 11.8 Å². The zero-order valence-electron chi connectivity index (χ0n) is 12.2. The number of rotatable bonds is 4. The minimum absolute atomic E-state index is 0. The molecule has 2 rings (SSSR count). The van der Waals surface area contributed by atoms with Crippen molar-refractivity contribution in [3.63, 3.8) is 0 Å². The Balaban J connectivity index is 0.00000220. The highest BCUT2D eigenvalue weighted by Crippen LogP contribution is 2.23. The minimum Gasteiger partial charge on any atom is -0.341 e. The highest BCUT2D eigenvalue weighted by Gasteiger charge is 2.24. The summed E-state index contributed by atoms with van der Waals surface area (Å²) in [5, 5.41) is 2.73. The van der Waals surface area contributed by atoms with Gasteiger partial charge in [-0.2, -0.15) is 0 Å². The molecule has 0 saturated heterocycles. The van der Waals surface area contributed by atoms with Gasteiger partial charge in [0.2, 0.25) is 5.91 Å². The van der Waals surface area contributed by atoms with E-state index in [-0.39, 0.29) is 30.7 Å². The first-order valence-corrected chi connectivity index (χ1v) is 6.28. The van der Waals surface area contributed by atoms with Crippen molar-refractivity contribution in [1.29, 1.82) is 0 Å². The van der Waals surface area contributed by atoms with E-state index in [9.17, 15) is 9.18 Å². The third kappa shape index (κ3) is 4.43. The maximum atomic E-state index is 14.0. The first kappa shape index (κ1) is 20.4. The van der Waals surface area contributed by atoms with Gasteiger partial charge >= 0.3 is 0 Å². The maximum Gasteiger partial charge on any atom is 0.237 e. The molecule has 1 aromatic carbocycles. The molecule has 1 aromatic heterocycles. The average Bonchev–Trinajstić information content (AvgIpc) is 2.82. The lowest BCUT2D eigenvalue weighted by Crippen LogP contribution is -2.41. The SMILES string of the molecule is C[C@@H](N)C(=O)NC(c1ccccc1F)c1nccn1C.Cl.Cl. The highest BCUT2D eigenvalue weighted by molar-refractivity contribution is 5.85. The predicted octanol–water partition coefficient (Wildman–Crippen LogP) is 1.96. The molecule has 0 bridgehead atoms. The number of nitrogens with two attached hydrogens (primary N) is 1. The molecule has 0 aliphatic carbocycles. The third-order valence-electron chi connectivity index (χ3n) is 3.03. The quantitative estimate of drug-likeness (QED) is 0.886. The molecule has 0 saturated carbocycles. The number of aryl methyl sites for hydroxylation is 1. The number of hydrogen-bond acceptors (Lipinski definition) is 3. The second-order valence-corrected chi connectivity index (χ2v) is 4.65. The first-order chi connectivity index (χ1) is 9.50. The Morgan fingerprint density at radius 3 is 2.50 bits per heavy atom. The van der Waals surface area contributed by atoms with Crippen molar-refractivity contribution in [2.45, 2.75) is 19.0 Å². The summed E-state index contributed by atoms with van der Waals surface area (Å²) in [6.07, 6.45) is 3.34. The third-order valence-corrected chi connectivity index (χ3v) is 3.03. The van der Waals surface area contributed by atoms with Crippen LogP contribution < -0.4 is 11.1 Å². The number of halogens is 3. The number of nitrogens with one attached hydrogen (secondary N) is 1. The van der Waals surface area contributed by atoms with Crippen molar-refractivity contribution in [1.82, 2.24) is 14.9 Å². The lowest BCUT2D eigenvalue weighted by atomic mass is 10.0. The summed E-state index contributed by atoms with van der Waals surface area (Å²) in [6.45, 7) is 1.58. The van der Waals surface area contributed by atoms with Gasteiger partial charge in [0, 0.05) is 25.0 Å². The van der Waals surface area contributed by atoms with E-state index in [0.717, 1.165) is 0 Å². The smallest absolute Gasteiger partial charge is 0.237 e. The Morgan fingerprint density at radius 2 is 2.00 bits per heavy atom. The molecule has 122 valence electrons. The van der Waals surface area contributed by atoms with E-state index in [0.29, 0.717) is 11.4 Å². The van der Waals surface area contributed by atoms with Crippen LogP contribution in [0.5, 0.6) is 0 Å². The Hall–Kier alpha value is -1.63. The normalized spacial score (nSPS) is 12.5. The van der Waals surface area contributed by atoms with Crippen LogP contribution in [0.3, 0.4) is 0 Å². The topological polar surface area (TPSA) is 72.9 Å². The van der Waals surface area contributed by atoms with Crippen molar-refractivity contribution in [3.05, 3.63) is 53.9 Å². The molecular formula is C14H19Cl2FN4O. The monoisotopic (exact) mass is 348 g/mol. The summed E-state index contributed by atoms with van der Waals surface area (Å²) in [5.41, 5.74) is 5.92. The molecule has 0 aliphatic heterocycles. The number of amides is 1. The minimum atomic E-state index is -0.676. The number of nitrogens with zero attached hydrogens (tertiary/aromatic N) is 2. The van der Waals surface area contributed by atoms with Gasteiger partial charge in [0.05, 0.1) is 6.04 Å². The standard InChI is InChI=1S/C14H17FN4O.2ClH/c1-9(16)14(20)18-12(13-17-7-8-19(13)2)10-5-3-4-6-11(10)15;;/h3-9,12H,16H2,1-2H3,(H,18,20);2*1H/t9-,12?;;/m1../s1. The lowest BCUT2D eigenvalue weighted by Gasteiger charge is -2.20. The summed E-state index contributed by atoms with van der Waals surface area (Å²) in [5.74, 6) is -0.212. The number of benzene rings is 1. The van der Waals surface area contributed by atoms with E-state index < -0.39 is 17.9 Å². The van der Waals surface area contributed by atoms with E-state index in [2.05, 4.69) is 10.3 Å². The molecular weight excluding hydrogens is 330 g/mol. The molecule has 5 nitrogen and oxygen atoms in total. The van der Waals surface area contributed by atoms with Crippen LogP contribution in [-0.4, -0.2) is 21.5 Å². The van der Waals surface area contributed by atoms with Gasteiger partial charge in [-0.3, -0.25) is 4.79 Å². The zero-order valence-corrected chi connectivity index (χ0v) is 13.8. The molecule has 3 N–H and O–H groups in total. The summed E-state index contributed by atoms with van der Waals surface area (Å²) in [6, 6.07) is 4.94. The summed E-state index contributed by atoms with van der Waals surface area (Å²) >= 11 is 0. The molecule has 0 fully saturated rings. The van der Waals surface area contributed by atoms with Crippen molar-refractivity contribution < 1.29 is 9.18 Å². The fourth-order valence-corrected chi connectivity index (χ4v) is 1.92. The molecule has 1 amide bonds. The molecule has 2 atom stereocenters. The van der Waals surface area contributed by atoms with Gasteiger partial charge in [-0.1, -0.05) is 18.2 Å². The summed E-state index contributed by atoms with van der Waals surface area (Å²) < 4.78 is 15.7. The van der Waals surface area contributed by atoms with Crippen molar-refractivity contribution >= 4 is 30.7 Å². The zero-order chi connectivity index (χ0) is 14.7. The summed E-state index contributed by atoms with van der Waals surface area (Å²) in [7, 11) is 1.79. The Morgan fingerprint density at radius 1 is 1.36 bits per heavy atom. The van der Waals surface area contributed by atoms with Crippen LogP contribution >= 0.6 is 24.8 Å². The molecule has 0 radical (unpaired) electrons. The lowest BCUT2D eigenvalue weighted by molar-refractivity contribution is -0.122. The van der Waals surface area contributed by atoms with Gasteiger partial charge in [0.1, 0.15) is 17.7 Å². The van der Waals surface area contributed by atoms with E-state index in [1.807, 2.05) is 0 Å². The van der Waals surface area contributed by atoms with Crippen LogP contribution in [0.25, 0.3) is 0 Å².